The molecule has 0 aliphatic heterocycles. The van der Waals surface area contributed by atoms with E-state index in [1.807, 2.05) is 39.4 Å². The minimum atomic E-state index is -4.73. The van der Waals surface area contributed by atoms with Crippen molar-refractivity contribution in [1.29, 1.82) is 0 Å². The van der Waals surface area contributed by atoms with Crippen molar-refractivity contribution in [1.82, 2.24) is 5.32 Å². The molecule has 76 heavy (non-hydrogen) atoms. The molecule has 0 radical (unpaired) electrons. The lowest BCUT2D eigenvalue weighted by molar-refractivity contribution is -0.870. The minimum Gasteiger partial charge on any atom is -0.756 e. The highest BCUT2D eigenvalue weighted by Crippen LogP contribution is 2.38. The summed E-state index contributed by atoms with van der Waals surface area (Å²) in [4.78, 5) is 39.9. The van der Waals surface area contributed by atoms with Crippen molar-refractivity contribution in [3.8, 4) is 0 Å². The highest BCUT2D eigenvalue weighted by molar-refractivity contribution is 7.45. The molecule has 0 spiro atoms. The molecule has 0 aliphatic carbocycles. The maximum Gasteiger partial charge on any atom is 0.306 e. The van der Waals surface area contributed by atoms with Crippen molar-refractivity contribution in [2.24, 2.45) is 0 Å². The number of amides is 1. The van der Waals surface area contributed by atoms with Crippen LogP contribution in [0.3, 0.4) is 0 Å². The lowest BCUT2D eigenvalue weighted by Gasteiger charge is -2.30. The van der Waals surface area contributed by atoms with E-state index >= 15 is 0 Å². The number of nitrogens with zero attached hydrogens (tertiary/aromatic N) is 1. The van der Waals surface area contributed by atoms with E-state index in [2.05, 4.69) is 148 Å². The van der Waals surface area contributed by atoms with Crippen LogP contribution in [0.4, 0.5) is 0 Å². The highest BCUT2D eigenvalue weighted by atomic mass is 31.2. The maximum atomic E-state index is 13.5. The lowest BCUT2D eigenvalue weighted by atomic mass is 10.1. The first-order valence-corrected chi connectivity index (χ1v) is 31.1. The van der Waals surface area contributed by atoms with Crippen LogP contribution in [0.25, 0.3) is 0 Å². The second kappa shape index (κ2) is 54.3. The number of ether oxygens (including phenoxy) is 1. The van der Waals surface area contributed by atoms with Gasteiger partial charge in [-0.2, -0.15) is 0 Å². The fraction of sp³-hybridized carbons (Fsp3) is 0.606. The van der Waals surface area contributed by atoms with Crippen LogP contribution in [-0.2, 0) is 27.9 Å². The molecule has 0 aromatic rings. The zero-order valence-electron chi connectivity index (χ0n) is 48.9. The van der Waals surface area contributed by atoms with Crippen LogP contribution in [0.2, 0.25) is 0 Å². The van der Waals surface area contributed by atoms with E-state index in [1.165, 1.54) is 51.4 Å². The smallest absolute Gasteiger partial charge is 0.306 e. The second-order valence-electron chi connectivity index (χ2n) is 20.4. The minimum absolute atomic E-state index is 0.0489. The Morgan fingerprint density at radius 3 is 1.29 bits per heavy atom. The molecule has 0 fully saturated rings. The van der Waals surface area contributed by atoms with E-state index in [1.54, 1.807) is 6.08 Å². The van der Waals surface area contributed by atoms with Gasteiger partial charge in [0.1, 0.15) is 19.3 Å². The number of rotatable bonds is 51. The summed E-state index contributed by atoms with van der Waals surface area (Å²) >= 11 is 0. The average molecular weight is 1070 g/mol. The molecule has 0 bridgehead atoms. The van der Waals surface area contributed by atoms with Crippen molar-refractivity contribution >= 4 is 19.7 Å². The predicted molar refractivity (Wildman–Crippen MR) is 325 cm³/mol. The third kappa shape index (κ3) is 54.7. The van der Waals surface area contributed by atoms with E-state index in [4.69, 9.17) is 13.8 Å². The fourth-order valence-electron chi connectivity index (χ4n) is 7.51. The van der Waals surface area contributed by atoms with Gasteiger partial charge >= 0.3 is 5.97 Å². The Kier molecular flexibility index (Phi) is 51.3. The van der Waals surface area contributed by atoms with Gasteiger partial charge < -0.3 is 28.5 Å². The Hall–Kier alpha value is -4.11. The van der Waals surface area contributed by atoms with Crippen molar-refractivity contribution in [2.45, 2.75) is 219 Å². The summed E-state index contributed by atoms with van der Waals surface area (Å²) in [5.74, 6) is -0.691. The molecule has 0 rings (SSSR count). The molecule has 430 valence electrons. The third-order valence-corrected chi connectivity index (χ3v) is 13.0. The van der Waals surface area contributed by atoms with E-state index in [0.29, 0.717) is 23.9 Å². The Morgan fingerprint density at radius 1 is 0.474 bits per heavy atom. The van der Waals surface area contributed by atoms with Crippen molar-refractivity contribution in [3.05, 3.63) is 146 Å². The van der Waals surface area contributed by atoms with Gasteiger partial charge in [-0.05, 0) is 115 Å². The second-order valence-corrected chi connectivity index (χ2v) is 21.8. The monoisotopic (exact) mass is 1070 g/mol. The zero-order valence-corrected chi connectivity index (χ0v) is 49.8. The Morgan fingerprint density at radius 2 is 0.855 bits per heavy atom. The van der Waals surface area contributed by atoms with Crippen LogP contribution in [0.15, 0.2) is 146 Å². The number of nitrogens with one attached hydrogen (secondary N) is 1. The first-order chi connectivity index (χ1) is 36.9. The van der Waals surface area contributed by atoms with Crippen LogP contribution in [-0.4, -0.2) is 69.4 Å². The molecule has 9 nitrogen and oxygen atoms in total. The molecule has 3 atom stereocenters. The molecular weight excluding hydrogens is 964 g/mol. The normalized spacial score (nSPS) is 14.8. The average Bonchev–Trinajstić information content (AvgIpc) is 3.38. The zero-order chi connectivity index (χ0) is 55.7. The number of phosphoric acid groups is 1. The molecular formula is C66H109N2O7P. The molecule has 3 unspecified atom stereocenters. The van der Waals surface area contributed by atoms with E-state index in [9.17, 15) is 19.0 Å². The van der Waals surface area contributed by atoms with Gasteiger partial charge in [0.2, 0.25) is 5.91 Å². The van der Waals surface area contributed by atoms with Gasteiger partial charge in [0.25, 0.3) is 7.82 Å². The molecule has 1 amide bonds. The number of carbonyl (C=O) groups is 2. The molecule has 0 saturated heterocycles. The number of hydrogen-bond acceptors (Lipinski definition) is 7. The molecule has 1 N–H and O–H groups in total. The maximum absolute atomic E-state index is 13.5. The van der Waals surface area contributed by atoms with Gasteiger partial charge in [-0.1, -0.05) is 225 Å². The number of carbonyl (C=O) groups excluding carboxylic acids is 2. The first-order valence-electron chi connectivity index (χ1n) is 29.6. The van der Waals surface area contributed by atoms with Gasteiger partial charge in [0, 0.05) is 12.8 Å². The summed E-state index contributed by atoms with van der Waals surface area (Å²) in [6.45, 7) is 6.50. The number of esters is 1. The Balaban J connectivity index is 5.51. The van der Waals surface area contributed by atoms with E-state index < -0.39 is 32.5 Å². The number of unbranched alkanes of at least 4 members (excludes halogenated alkanes) is 13. The van der Waals surface area contributed by atoms with Crippen LogP contribution < -0.4 is 10.2 Å². The molecule has 0 aromatic heterocycles. The van der Waals surface area contributed by atoms with Crippen molar-refractivity contribution < 1.29 is 37.3 Å². The molecule has 10 heteroatoms. The standard InChI is InChI=1S/C66H109N2O7P/c1-7-10-13-16-19-22-25-28-30-32-34-36-38-40-43-46-49-52-55-58-65(69)67-63(62-74-76(71,72)73-61-60-68(4,5)6)64(57-54-51-48-45-42-27-24-21-18-15-12-9-3)75-66(70)59-56-53-50-47-44-41-39-37-35-33-31-29-26-23-20-17-14-11-8-2/h10-11,13-14,19-20,22-23,28-31,34-37,40-41,43-44,50,53-54,57,63-64H,7-9,12,15-18,21,24-27,32-33,38-39,42,45-49,51-52,55-56,58-62H2,1-6H3,(H-,67,69,71,72)/b13-10-,14-11-,22-19-,23-20-,30-28-,31-29-,36-34-,37-35-,43-40-,44-41-,53-50-,57-54+. The van der Waals surface area contributed by atoms with Gasteiger partial charge in [-0.15, -0.1) is 0 Å². The van der Waals surface area contributed by atoms with Gasteiger partial charge in [0.05, 0.1) is 33.8 Å². The summed E-state index contributed by atoms with van der Waals surface area (Å²) in [7, 11) is 1.10. The summed E-state index contributed by atoms with van der Waals surface area (Å²) in [5.41, 5.74) is 0. The molecule has 0 aliphatic rings. The molecule has 0 saturated carbocycles. The third-order valence-electron chi connectivity index (χ3n) is 12.0. The summed E-state index contributed by atoms with van der Waals surface area (Å²) in [6.07, 6.45) is 78.3. The summed E-state index contributed by atoms with van der Waals surface area (Å²) < 4.78 is 30.2. The van der Waals surface area contributed by atoms with E-state index in [0.717, 1.165) is 109 Å². The lowest BCUT2D eigenvalue weighted by Crippen LogP contribution is -2.47. The van der Waals surface area contributed by atoms with Gasteiger partial charge in [-0.25, -0.2) is 0 Å². The molecule has 0 heterocycles. The van der Waals surface area contributed by atoms with Crippen LogP contribution in [0.1, 0.15) is 207 Å². The topological polar surface area (TPSA) is 114 Å². The number of likely N-dealkylation sites (N-methyl/N-ethyl adjacent to an activating group) is 1. The summed E-state index contributed by atoms with van der Waals surface area (Å²) in [5, 5.41) is 2.98. The van der Waals surface area contributed by atoms with E-state index in [-0.39, 0.29) is 25.4 Å². The Labute approximate surface area is 466 Å². The number of phosphoric ester groups is 1. The Bertz CT molecular complexity index is 1810. The number of allylic oxidation sites excluding steroid dienone is 23. The largest absolute Gasteiger partial charge is 0.756 e. The highest BCUT2D eigenvalue weighted by Gasteiger charge is 2.27. The molecule has 0 aromatic carbocycles. The fourth-order valence-corrected chi connectivity index (χ4v) is 8.24. The quantitative estimate of drug-likeness (QED) is 0.0212. The van der Waals surface area contributed by atoms with Crippen LogP contribution in [0, 0.1) is 0 Å². The summed E-state index contributed by atoms with van der Waals surface area (Å²) in [6, 6.07) is -0.947. The predicted octanol–water partition coefficient (Wildman–Crippen LogP) is 17.6. The van der Waals surface area contributed by atoms with Crippen LogP contribution >= 0.6 is 7.82 Å². The SMILES string of the molecule is CC/C=C\C/C=C\C/C=C\C/C=C\C/C=C\C/C=C\CCC(=O)OC(/C=C/CCCCCCCCCCCC)C(COP(=O)([O-])OCC[N+](C)(C)C)NC(=O)CCCCC/C=C\C/C=C\C/C=C\C/C=C\C/C=C\CC. The van der Waals surface area contributed by atoms with Gasteiger partial charge in [0.15, 0.2) is 0 Å². The number of hydrogen-bond donors (Lipinski definition) is 1. The van der Waals surface area contributed by atoms with Crippen molar-refractivity contribution in [3.63, 3.8) is 0 Å². The number of quaternary nitrogens is 1. The van der Waals surface area contributed by atoms with Crippen molar-refractivity contribution in [2.75, 3.05) is 40.9 Å². The first kappa shape index (κ1) is 71.9. The van der Waals surface area contributed by atoms with Gasteiger partial charge in [-0.3, -0.25) is 14.2 Å². The van der Waals surface area contributed by atoms with Crippen LogP contribution in [0.5, 0.6) is 0 Å².